The Labute approximate surface area is 181 Å². The molecule has 10 nitrogen and oxygen atoms in total. The summed E-state index contributed by atoms with van der Waals surface area (Å²) in [4.78, 5) is 23.2. The smallest absolute Gasteiger partial charge is 0.270 e. The maximum Gasteiger partial charge on any atom is 0.270 e. The second-order valence-corrected chi connectivity index (χ2v) is 8.91. The van der Waals surface area contributed by atoms with Gasteiger partial charge in [-0.25, -0.2) is 12.7 Å². The summed E-state index contributed by atoms with van der Waals surface area (Å²) in [5.74, 6) is 0.640. The number of amides is 1. The molecule has 0 aromatic heterocycles. The van der Waals surface area contributed by atoms with E-state index in [9.17, 15) is 23.3 Å². The minimum Gasteiger partial charge on any atom is -0.497 e. The molecule has 0 radical (unpaired) electrons. The third-order valence-electron chi connectivity index (χ3n) is 4.48. The molecule has 0 aliphatic rings. The average Bonchev–Trinajstić information content (AvgIpc) is 2.76. The van der Waals surface area contributed by atoms with E-state index < -0.39 is 20.9 Å². The van der Waals surface area contributed by atoms with Crippen LogP contribution in [0.5, 0.6) is 17.2 Å². The average molecular weight is 452 g/mol. The maximum atomic E-state index is 12.7. The first-order valence-corrected chi connectivity index (χ1v) is 11.1. The third-order valence-corrected chi connectivity index (χ3v) is 6.34. The van der Waals surface area contributed by atoms with Crippen LogP contribution in [-0.2, 0) is 10.0 Å². The highest BCUT2D eigenvalue weighted by Crippen LogP contribution is 2.29. The van der Waals surface area contributed by atoms with Crippen LogP contribution in [0.2, 0.25) is 0 Å². The number of sulfonamides is 1. The van der Waals surface area contributed by atoms with E-state index in [4.69, 9.17) is 9.47 Å². The Balaban J connectivity index is 2.11. The SMILES string of the molecule is CCS(=O)(=O)N(C)CCCNC(=O)c1cc([N+](=O)[O-])ccc1Oc1ccc(OC)cc1. The van der Waals surface area contributed by atoms with Gasteiger partial charge in [-0.15, -0.1) is 0 Å². The van der Waals surface area contributed by atoms with Crippen LogP contribution in [0, 0.1) is 10.1 Å². The largest absolute Gasteiger partial charge is 0.497 e. The fourth-order valence-corrected chi connectivity index (χ4v) is 3.48. The summed E-state index contributed by atoms with van der Waals surface area (Å²) >= 11 is 0. The highest BCUT2D eigenvalue weighted by molar-refractivity contribution is 7.89. The Morgan fingerprint density at radius 2 is 1.81 bits per heavy atom. The van der Waals surface area contributed by atoms with E-state index in [1.54, 1.807) is 31.2 Å². The number of methoxy groups -OCH3 is 1. The molecule has 11 heteroatoms. The van der Waals surface area contributed by atoms with Crippen LogP contribution in [0.3, 0.4) is 0 Å². The zero-order chi connectivity index (χ0) is 23.0. The van der Waals surface area contributed by atoms with Crippen LogP contribution >= 0.6 is 0 Å². The lowest BCUT2D eigenvalue weighted by Crippen LogP contribution is -2.32. The molecular formula is C20H25N3O7S. The predicted molar refractivity (Wildman–Crippen MR) is 115 cm³/mol. The van der Waals surface area contributed by atoms with Crippen LogP contribution in [0.1, 0.15) is 23.7 Å². The van der Waals surface area contributed by atoms with Gasteiger partial charge in [-0.2, -0.15) is 0 Å². The summed E-state index contributed by atoms with van der Waals surface area (Å²) in [5.41, 5.74) is -0.249. The van der Waals surface area contributed by atoms with Crippen molar-refractivity contribution in [3.63, 3.8) is 0 Å². The van der Waals surface area contributed by atoms with Crippen molar-refractivity contribution < 1.29 is 27.6 Å². The molecule has 31 heavy (non-hydrogen) atoms. The van der Waals surface area contributed by atoms with Crippen molar-refractivity contribution >= 4 is 21.6 Å². The summed E-state index contributed by atoms with van der Waals surface area (Å²) in [7, 11) is -0.290. The molecule has 0 bridgehead atoms. The minimum atomic E-state index is -3.30. The highest BCUT2D eigenvalue weighted by Gasteiger charge is 2.19. The van der Waals surface area contributed by atoms with Gasteiger partial charge in [0.05, 0.1) is 23.3 Å². The van der Waals surface area contributed by atoms with Gasteiger partial charge in [-0.1, -0.05) is 0 Å². The van der Waals surface area contributed by atoms with Crippen molar-refractivity contribution in [1.29, 1.82) is 0 Å². The molecule has 0 spiro atoms. The number of nitrogens with one attached hydrogen (secondary N) is 1. The minimum absolute atomic E-state index is 0.000414. The molecule has 2 aromatic carbocycles. The molecule has 0 fully saturated rings. The summed E-state index contributed by atoms with van der Waals surface area (Å²) in [6, 6.07) is 10.4. The van der Waals surface area contributed by atoms with E-state index >= 15 is 0 Å². The second kappa shape index (κ2) is 10.7. The lowest BCUT2D eigenvalue weighted by molar-refractivity contribution is -0.384. The Morgan fingerprint density at radius 3 is 2.39 bits per heavy atom. The molecule has 2 aromatic rings. The highest BCUT2D eigenvalue weighted by atomic mass is 32.2. The van der Waals surface area contributed by atoms with Crippen molar-refractivity contribution in [2.75, 3.05) is 33.0 Å². The topological polar surface area (TPSA) is 128 Å². The van der Waals surface area contributed by atoms with Gasteiger partial charge in [-0.05, 0) is 43.7 Å². The van der Waals surface area contributed by atoms with Crippen LogP contribution in [0.25, 0.3) is 0 Å². The summed E-state index contributed by atoms with van der Waals surface area (Å²) in [5, 5.41) is 13.8. The van der Waals surface area contributed by atoms with E-state index in [1.165, 1.54) is 30.6 Å². The Hall–Kier alpha value is -3.18. The molecule has 0 heterocycles. The number of hydrogen-bond acceptors (Lipinski definition) is 7. The molecule has 0 unspecified atom stereocenters. The summed E-state index contributed by atoms with van der Waals surface area (Å²) in [6.07, 6.45) is 0.380. The monoisotopic (exact) mass is 451 g/mol. The number of ether oxygens (including phenoxy) is 2. The van der Waals surface area contributed by atoms with Gasteiger partial charge in [-0.3, -0.25) is 14.9 Å². The first-order chi connectivity index (χ1) is 14.7. The van der Waals surface area contributed by atoms with Gasteiger partial charge in [0, 0.05) is 32.3 Å². The molecule has 0 atom stereocenters. The van der Waals surface area contributed by atoms with Gasteiger partial charge in [0.25, 0.3) is 11.6 Å². The molecule has 1 amide bonds. The summed E-state index contributed by atoms with van der Waals surface area (Å²) < 4.78 is 35.6. The van der Waals surface area contributed by atoms with Crippen molar-refractivity contribution in [3.8, 4) is 17.2 Å². The third kappa shape index (κ3) is 6.66. The van der Waals surface area contributed by atoms with E-state index in [2.05, 4.69) is 5.32 Å². The number of rotatable bonds is 11. The molecule has 0 saturated carbocycles. The normalized spacial score (nSPS) is 11.2. The molecular weight excluding hydrogens is 426 g/mol. The van der Waals surface area contributed by atoms with Crippen LogP contribution < -0.4 is 14.8 Å². The molecule has 2 rings (SSSR count). The molecule has 0 aliphatic heterocycles. The number of nitro benzene ring substituents is 1. The number of carbonyl (C=O) groups is 1. The standard InChI is InChI=1S/C20H25N3O7S/c1-4-31(27,28)22(2)13-5-12-21-20(24)18-14-15(23(25)26)6-11-19(18)30-17-9-7-16(29-3)8-10-17/h6-11,14H,4-5,12-13H2,1-3H3,(H,21,24). The lowest BCUT2D eigenvalue weighted by atomic mass is 10.1. The van der Waals surface area contributed by atoms with Crippen LogP contribution in [-0.4, -0.2) is 56.6 Å². The van der Waals surface area contributed by atoms with Gasteiger partial charge >= 0.3 is 0 Å². The number of nitro groups is 1. The predicted octanol–water partition coefficient (Wildman–Crippen LogP) is 2.80. The van der Waals surface area contributed by atoms with E-state index in [-0.39, 0.29) is 35.8 Å². The van der Waals surface area contributed by atoms with Crippen molar-refractivity contribution in [1.82, 2.24) is 9.62 Å². The molecule has 0 saturated heterocycles. The maximum absolute atomic E-state index is 12.7. The van der Waals surface area contributed by atoms with Crippen molar-refractivity contribution in [2.45, 2.75) is 13.3 Å². The number of benzene rings is 2. The van der Waals surface area contributed by atoms with Gasteiger partial charge in [0.2, 0.25) is 10.0 Å². The number of non-ortho nitro benzene ring substituents is 1. The van der Waals surface area contributed by atoms with Gasteiger partial charge in [0.1, 0.15) is 17.2 Å². The van der Waals surface area contributed by atoms with E-state index in [0.29, 0.717) is 17.9 Å². The van der Waals surface area contributed by atoms with E-state index in [0.717, 1.165) is 6.07 Å². The Kier molecular flexibility index (Phi) is 8.34. The summed E-state index contributed by atoms with van der Waals surface area (Å²) in [6.45, 7) is 1.98. The van der Waals surface area contributed by atoms with Crippen molar-refractivity contribution in [3.05, 3.63) is 58.1 Å². The molecule has 168 valence electrons. The van der Waals surface area contributed by atoms with Gasteiger partial charge in [0.15, 0.2) is 0 Å². The quantitative estimate of drug-likeness (QED) is 0.316. The Bertz CT molecular complexity index is 1020. The van der Waals surface area contributed by atoms with E-state index in [1.807, 2.05) is 0 Å². The number of hydrogen-bond donors (Lipinski definition) is 1. The first kappa shape index (κ1) is 24.1. The van der Waals surface area contributed by atoms with Crippen LogP contribution in [0.4, 0.5) is 5.69 Å². The number of carbonyl (C=O) groups excluding carboxylic acids is 1. The zero-order valence-corrected chi connectivity index (χ0v) is 18.3. The first-order valence-electron chi connectivity index (χ1n) is 9.50. The Morgan fingerprint density at radius 1 is 1.16 bits per heavy atom. The van der Waals surface area contributed by atoms with Gasteiger partial charge < -0.3 is 14.8 Å². The van der Waals surface area contributed by atoms with Crippen LogP contribution in [0.15, 0.2) is 42.5 Å². The number of nitrogens with zero attached hydrogens (tertiary/aromatic N) is 2. The zero-order valence-electron chi connectivity index (χ0n) is 17.5. The fourth-order valence-electron chi connectivity index (χ4n) is 2.63. The fraction of sp³-hybridized carbons (Fsp3) is 0.350. The van der Waals surface area contributed by atoms with Crippen molar-refractivity contribution in [2.24, 2.45) is 0 Å². The molecule has 1 N–H and O–H groups in total. The lowest BCUT2D eigenvalue weighted by Gasteiger charge is -2.16. The second-order valence-electron chi connectivity index (χ2n) is 6.55. The molecule has 0 aliphatic carbocycles.